The minimum atomic E-state index is -1.53. The summed E-state index contributed by atoms with van der Waals surface area (Å²) in [6, 6.07) is 0. The predicted molar refractivity (Wildman–Crippen MR) is 106 cm³/mol. The van der Waals surface area contributed by atoms with Crippen LogP contribution in [0.4, 0.5) is 0 Å². The monoisotopic (exact) mass is 332 g/mol. The van der Waals surface area contributed by atoms with Crippen molar-refractivity contribution in [2.24, 2.45) is 0 Å². The summed E-state index contributed by atoms with van der Waals surface area (Å²) in [6.07, 6.45) is 0. The van der Waals surface area contributed by atoms with Crippen molar-refractivity contribution in [3.05, 3.63) is 0 Å². The quantitative estimate of drug-likeness (QED) is 0.479. The van der Waals surface area contributed by atoms with Gasteiger partial charge in [0.1, 0.15) is 0 Å². The zero-order valence-electron chi connectivity index (χ0n) is 17.3. The third-order valence-electron chi connectivity index (χ3n) is 5.35. The third-order valence-corrected chi connectivity index (χ3v) is 16.1. The highest BCUT2D eigenvalue weighted by molar-refractivity contribution is 6.79. The van der Waals surface area contributed by atoms with E-state index in [2.05, 4.69) is 88.9 Å². The molecule has 0 atom stereocenters. The number of rotatable bonds is 5. The zero-order valence-corrected chi connectivity index (χ0v) is 19.3. The van der Waals surface area contributed by atoms with Crippen LogP contribution in [0.3, 0.4) is 0 Å². The fourth-order valence-electron chi connectivity index (χ4n) is 2.75. The topological polar surface area (TPSA) is 9.23 Å². The molecule has 0 amide bonds. The van der Waals surface area contributed by atoms with E-state index in [0.29, 0.717) is 21.7 Å². The summed E-state index contributed by atoms with van der Waals surface area (Å²) in [6.45, 7) is 31.2. The van der Waals surface area contributed by atoms with E-state index in [9.17, 15) is 0 Å². The molecule has 0 saturated carbocycles. The second-order valence-electron chi connectivity index (χ2n) is 9.25. The van der Waals surface area contributed by atoms with Crippen LogP contribution < -0.4 is 0 Å². The Morgan fingerprint density at radius 3 is 1.05 bits per heavy atom. The summed E-state index contributed by atoms with van der Waals surface area (Å²) in [4.78, 5) is 0. The minimum Gasteiger partial charge on any atom is -0.416 e. The molecule has 0 bridgehead atoms. The van der Waals surface area contributed by atoms with E-state index in [0.717, 1.165) is 6.61 Å². The van der Waals surface area contributed by atoms with Gasteiger partial charge < -0.3 is 4.43 Å². The highest BCUT2D eigenvalue weighted by atomic mass is 28.4. The van der Waals surface area contributed by atoms with E-state index in [1.54, 1.807) is 0 Å². The van der Waals surface area contributed by atoms with Crippen LogP contribution in [-0.4, -0.2) is 23.0 Å². The van der Waals surface area contributed by atoms with Crippen LogP contribution in [0.2, 0.25) is 41.3 Å². The first-order chi connectivity index (χ1) is 9.14. The third kappa shape index (κ3) is 7.00. The lowest BCUT2D eigenvalue weighted by Gasteiger charge is -2.41. The lowest BCUT2D eigenvalue weighted by Crippen LogP contribution is -2.47. The Kier molecular flexibility index (Phi) is 10.0. The van der Waals surface area contributed by atoms with Gasteiger partial charge >= 0.3 is 0 Å². The van der Waals surface area contributed by atoms with Crippen molar-refractivity contribution in [3.63, 3.8) is 0 Å². The molecule has 0 aromatic carbocycles. The van der Waals surface area contributed by atoms with E-state index in [-0.39, 0.29) is 0 Å². The summed E-state index contributed by atoms with van der Waals surface area (Å²) in [5, 5.41) is 0.576. The molecule has 0 N–H and O–H groups in total. The first-order valence-corrected chi connectivity index (χ1v) is 14.4. The summed E-state index contributed by atoms with van der Waals surface area (Å²) >= 11 is 0. The maximum atomic E-state index is 6.15. The molecule has 0 saturated heterocycles. The van der Waals surface area contributed by atoms with E-state index in [1.165, 1.54) is 0 Å². The van der Waals surface area contributed by atoms with Crippen molar-refractivity contribution < 1.29 is 4.43 Å². The number of hydrogen-bond acceptors (Lipinski definition) is 1. The van der Waals surface area contributed by atoms with Crippen LogP contribution in [0.15, 0.2) is 0 Å². The maximum Gasteiger partial charge on any atom is 0.200 e. The Labute approximate surface area is 138 Å². The van der Waals surface area contributed by atoms with Gasteiger partial charge in [-0.15, -0.1) is 0 Å². The second kappa shape index (κ2) is 8.88. The normalized spacial score (nSPS) is 13.7. The van der Waals surface area contributed by atoms with E-state index < -0.39 is 16.4 Å². The Morgan fingerprint density at radius 1 is 0.762 bits per heavy atom. The predicted octanol–water partition coefficient (Wildman–Crippen LogP) is 7.32. The molecule has 130 valence electrons. The van der Waals surface area contributed by atoms with Crippen molar-refractivity contribution >= 4 is 16.4 Å². The van der Waals surface area contributed by atoms with E-state index in [1.807, 2.05) is 0 Å². The molecule has 0 aromatic rings. The first-order valence-electron chi connectivity index (χ1n) is 8.78. The average Bonchev–Trinajstić information content (AvgIpc) is 2.22. The lowest BCUT2D eigenvalue weighted by atomic mass is 10.2. The van der Waals surface area contributed by atoms with Gasteiger partial charge in [-0.1, -0.05) is 82.0 Å². The van der Waals surface area contributed by atoms with E-state index in [4.69, 9.17) is 4.43 Å². The summed E-state index contributed by atoms with van der Waals surface area (Å²) in [5.41, 5.74) is 2.15. The Morgan fingerprint density at radius 2 is 1.00 bits per heavy atom. The van der Waals surface area contributed by atoms with Crippen LogP contribution in [0.1, 0.15) is 69.2 Å². The van der Waals surface area contributed by atoms with Gasteiger partial charge in [-0.05, 0) is 28.6 Å². The number of hydrogen-bond donors (Lipinski definition) is 0. The molecule has 3 heteroatoms. The van der Waals surface area contributed by atoms with Crippen LogP contribution in [0.5, 0.6) is 0 Å². The SMILES string of the molecule is CC(C)(C)[Si](C)(C)C.CCO[Si](C(C)C)(C(C)C)C(C)C. The van der Waals surface area contributed by atoms with Crippen molar-refractivity contribution in [3.8, 4) is 0 Å². The van der Waals surface area contributed by atoms with Gasteiger partial charge in [0, 0.05) is 14.7 Å². The smallest absolute Gasteiger partial charge is 0.200 e. The highest BCUT2D eigenvalue weighted by Crippen LogP contribution is 2.42. The van der Waals surface area contributed by atoms with Gasteiger partial charge in [-0.3, -0.25) is 0 Å². The Bertz CT molecular complexity index is 236. The summed E-state index contributed by atoms with van der Waals surface area (Å²) in [5.74, 6) is 0. The van der Waals surface area contributed by atoms with Gasteiger partial charge in [0.25, 0.3) is 0 Å². The van der Waals surface area contributed by atoms with Crippen LogP contribution >= 0.6 is 0 Å². The molecular weight excluding hydrogens is 288 g/mol. The molecule has 0 aliphatic carbocycles. The van der Waals surface area contributed by atoms with Gasteiger partial charge in [0.05, 0.1) is 0 Å². The molecule has 0 aliphatic heterocycles. The molecular formula is C18H44OSi2. The standard InChI is InChI=1S/C11H26OSi.C7H18Si/c1-8-12-13(9(2)3,10(4)5)11(6)7;1-7(2,3)8(4,5)6/h9-11H,8H2,1-7H3;1-6H3. The fourth-order valence-corrected chi connectivity index (χ4v) is 8.25. The lowest BCUT2D eigenvalue weighted by molar-refractivity contribution is 0.297. The van der Waals surface area contributed by atoms with Crippen molar-refractivity contribution in [2.75, 3.05) is 6.61 Å². The fraction of sp³-hybridized carbons (Fsp3) is 1.00. The van der Waals surface area contributed by atoms with Crippen LogP contribution in [-0.2, 0) is 4.43 Å². The largest absolute Gasteiger partial charge is 0.416 e. The molecule has 21 heavy (non-hydrogen) atoms. The van der Waals surface area contributed by atoms with Crippen LogP contribution in [0, 0.1) is 0 Å². The molecule has 0 spiro atoms. The summed E-state index contributed by atoms with van der Waals surface area (Å²) in [7, 11) is -2.39. The zero-order chi connectivity index (χ0) is 17.6. The minimum absolute atomic E-state index is 0.576. The second-order valence-corrected chi connectivity index (χ2v) is 20.7. The molecule has 0 rings (SSSR count). The Hall–Kier alpha value is 0.394. The Balaban J connectivity index is 0. The average molecular weight is 333 g/mol. The molecule has 0 heterocycles. The van der Waals surface area contributed by atoms with Crippen molar-refractivity contribution in [2.45, 2.75) is 111 Å². The molecule has 0 unspecified atom stereocenters. The summed E-state index contributed by atoms with van der Waals surface area (Å²) < 4.78 is 6.15. The van der Waals surface area contributed by atoms with Crippen molar-refractivity contribution in [1.82, 2.24) is 0 Å². The van der Waals surface area contributed by atoms with Gasteiger partial charge in [-0.2, -0.15) is 0 Å². The molecule has 1 nitrogen and oxygen atoms in total. The van der Waals surface area contributed by atoms with Gasteiger partial charge in [0.15, 0.2) is 8.32 Å². The maximum absolute atomic E-state index is 6.15. The highest BCUT2D eigenvalue weighted by Gasteiger charge is 2.44. The van der Waals surface area contributed by atoms with Crippen molar-refractivity contribution in [1.29, 1.82) is 0 Å². The molecule has 0 radical (unpaired) electrons. The molecule has 0 aliphatic rings. The van der Waals surface area contributed by atoms with Gasteiger partial charge in [-0.25, -0.2) is 0 Å². The molecule has 0 fully saturated rings. The first kappa shape index (κ1) is 23.7. The van der Waals surface area contributed by atoms with Gasteiger partial charge in [0.2, 0.25) is 0 Å². The van der Waals surface area contributed by atoms with Crippen LogP contribution in [0.25, 0.3) is 0 Å². The molecule has 0 aromatic heterocycles. The van der Waals surface area contributed by atoms with E-state index >= 15 is 0 Å².